The Morgan fingerprint density at radius 2 is 1.76 bits per heavy atom. The van der Waals surface area contributed by atoms with Crippen molar-refractivity contribution in [1.29, 1.82) is 0 Å². The van der Waals surface area contributed by atoms with E-state index in [1.165, 1.54) is 0 Å². The molecule has 0 aliphatic heterocycles. The lowest BCUT2D eigenvalue weighted by molar-refractivity contribution is -0.196. The number of ether oxygens (including phenoxy) is 1. The lowest BCUT2D eigenvalue weighted by atomic mass is 9.78. The molecule has 6 nitrogen and oxygen atoms in total. The maximum Gasteiger partial charge on any atom is 0.340 e. The predicted octanol–water partition coefficient (Wildman–Crippen LogP) is -0.155. The Morgan fingerprint density at radius 1 is 1.19 bits per heavy atom. The van der Waals surface area contributed by atoms with Gasteiger partial charge in [0.1, 0.15) is 17.3 Å². The van der Waals surface area contributed by atoms with Crippen LogP contribution in [0.15, 0.2) is 0 Å². The molecular formula is C14H21BrO6. The standard InChI is InChI=1S/C14H21BrO6/c1-21-10(17)12(18)7-13(19)11(5-3-2-4-6-11)14(13,20)8(15)9(12)16/h8-9,16,18-20H,2-7H2,1H3/t8-,9+,12+,13-,14-/m1/s1. The van der Waals surface area contributed by atoms with Crippen molar-refractivity contribution >= 4 is 21.9 Å². The molecule has 0 aromatic rings. The van der Waals surface area contributed by atoms with Crippen molar-refractivity contribution in [3.05, 3.63) is 0 Å². The predicted molar refractivity (Wildman–Crippen MR) is 75.7 cm³/mol. The monoisotopic (exact) mass is 364 g/mol. The Hall–Kier alpha value is -0.210. The largest absolute Gasteiger partial charge is 0.467 e. The van der Waals surface area contributed by atoms with E-state index in [-0.39, 0.29) is 0 Å². The molecule has 3 rings (SSSR count). The Morgan fingerprint density at radius 3 is 2.29 bits per heavy atom. The van der Waals surface area contributed by atoms with Gasteiger partial charge in [0.2, 0.25) is 0 Å². The molecule has 3 aliphatic rings. The zero-order chi connectivity index (χ0) is 15.7. The molecule has 0 aromatic heterocycles. The summed E-state index contributed by atoms with van der Waals surface area (Å²) in [5.41, 5.74) is -6.10. The van der Waals surface area contributed by atoms with E-state index < -0.39 is 45.5 Å². The summed E-state index contributed by atoms with van der Waals surface area (Å²) >= 11 is 3.21. The molecule has 0 radical (unpaired) electrons. The molecule has 1 spiro atoms. The summed E-state index contributed by atoms with van der Waals surface area (Å²) < 4.78 is 4.57. The van der Waals surface area contributed by atoms with Gasteiger partial charge in [-0.15, -0.1) is 0 Å². The van der Waals surface area contributed by atoms with Crippen molar-refractivity contribution in [2.24, 2.45) is 5.41 Å². The number of carbonyl (C=O) groups excluding carboxylic acids is 1. The van der Waals surface area contributed by atoms with Crippen molar-refractivity contribution in [2.45, 2.75) is 66.3 Å². The third kappa shape index (κ3) is 1.49. The number of halogens is 1. The highest BCUT2D eigenvalue weighted by molar-refractivity contribution is 9.09. The lowest BCUT2D eigenvalue weighted by Crippen LogP contribution is -2.64. The first-order valence-corrected chi connectivity index (χ1v) is 8.20. The molecule has 0 bridgehead atoms. The minimum Gasteiger partial charge on any atom is -0.467 e. The van der Waals surface area contributed by atoms with E-state index in [4.69, 9.17) is 0 Å². The zero-order valence-electron chi connectivity index (χ0n) is 11.9. The Balaban J connectivity index is 2.03. The van der Waals surface area contributed by atoms with Crippen LogP contribution in [0.25, 0.3) is 0 Å². The van der Waals surface area contributed by atoms with Crippen LogP contribution in [0.3, 0.4) is 0 Å². The van der Waals surface area contributed by atoms with Gasteiger partial charge in [0.15, 0.2) is 5.60 Å². The molecule has 3 fully saturated rings. The minimum atomic E-state index is -2.22. The second kappa shape index (κ2) is 4.41. The van der Waals surface area contributed by atoms with Crippen molar-refractivity contribution < 1.29 is 30.0 Å². The third-order valence-electron chi connectivity index (χ3n) is 6.03. The lowest BCUT2D eigenvalue weighted by Gasteiger charge is -2.41. The van der Waals surface area contributed by atoms with Crippen LogP contribution in [0.5, 0.6) is 0 Å². The topological polar surface area (TPSA) is 107 Å². The molecule has 5 atom stereocenters. The summed E-state index contributed by atoms with van der Waals surface area (Å²) in [6.45, 7) is 0. The smallest absolute Gasteiger partial charge is 0.340 e. The van der Waals surface area contributed by atoms with E-state index in [9.17, 15) is 25.2 Å². The molecule has 3 aliphatic carbocycles. The summed E-state index contributed by atoms with van der Waals surface area (Å²) in [4.78, 5) is 10.9. The molecule has 7 heteroatoms. The van der Waals surface area contributed by atoms with Crippen LogP contribution < -0.4 is 0 Å². The molecule has 120 valence electrons. The van der Waals surface area contributed by atoms with E-state index >= 15 is 0 Å². The van der Waals surface area contributed by atoms with Crippen molar-refractivity contribution in [2.75, 3.05) is 7.11 Å². The molecular weight excluding hydrogens is 344 g/mol. The van der Waals surface area contributed by atoms with Crippen LogP contribution in [-0.2, 0) is 9.53 Å². The second-order valence-corrected chi connectivity index (χ2v) is 7.70. The average molecular weight is 365 g/mol. The van der Waals surface area contributed by atoms with Crippen LogP contribution in [-0.4, -0.2) is 61.2 Å². The molecule has 0 amide bonds. The van der Waals surface area contributed by atoms with Gasteiger partial charge < -0.3 is 25.2 Å². The highest BCUT2D eigenvalue weighted by Gasteiger charge is 2.92. The molecule has 3 saturated carbocycles. The SMILES string of the molecule is COC(=O)[C@]1(O)C[C@@]2(O)C3(CCCCC3)[C@]2(O)[C@H](Br)[C@@H]1O. The number of rotatable bonds is 1. The van der Waals surface area contributed by atoms with Gasteiger partial charge in [-0.05, 0) is 12.8 Å². The molecule has 0 heterocycles. The maximum atomic E-state index is 11.9. The number of hydrogen-bond acceptors (Lipinski definition) is 6. The highest BCUT2D eigenvalue weighted by Crippen LogP contribution is 2.78. The summed E-state index contributed by atoms with van der Waals surface area (Å²) in [6.07, 6.45) is 2.06. The van der Waals surface area contributed by atoms with Crippen LogP contribution in [0.4, 0.5) is 0 Å². The van der Waals surface area contributed by atoms with E-state index in [0.717, 1.165) is 26.4 Å². The van der Waals surface area contributed by atoms with Crippen LogP contribution in [0.2, 0.25) is 0 Å². The van der Waals surface area contributed by atoms with Crippen molar-refractivity contribution in [1.82, 2.24) is 0 Å². The van der Waals surface area contributed by atoms with Gasteiger partial charge in [0, 0.05) is 11.8 Å². The van der Waals surface area contributed by atoms with Crippen LogP contribution >= 0.6 is 15.9 Å². The number of aliphatic hydroxyl groups is 4. The van der Waals surface area contributed by atoms with Gasteiger partial charge in [-0.1, -0.05) is 35.2 Å². The summed E-state index contributed by atoms with van der Waals surface area (Å²) in [5, 5.41) is 42.8. The first-order chi connectivity index (χ1) is 9.71. The van der Waals surface area contributed by atoms with Gasteiger partial charge in [-0.25, -0.2) is 4.79 Å². The van der Waals surface area contributed by atoms with Crippen molar-refractivity contribution in [3.63, 3.8) is 0 Å². The fourth-order valence-corrected chi connectivity index (χ4v) is 6.09. The number of esters is 1. The van der Waals surface area contributed by atoms with E-state index in [1.807, 2.05) is 0 Å². The maximum absolute atomic E-state index is 11.9. The summed E-state index contributed by atoms with van der Waals surface area (Å²) in [7, 11) is 1.12. The fourth-order valence-electron chi connectivity index (χ4n) is 4.84. The van der Waals surface area contributed by atoms with E-state index in [1.54, 1.807) is 0 Å². The number of hydrogen-bond donors (Lipinski definition) is 4. The number of carbonyl (C=O) groups is 1. The fraction of sp³-hybridized carbons (Fsp3) is 0.929. The van der Waals surface area contributed by atoms with Gasteiger partial charge in [0.05, 0.1) is 11.9 Å². The summed E-state index contributed by atoms with van der Waals surface area (Å²) in [5.74, 6) is -0.993. The second-order valence-electron chi connectivity index (χ2n) is 6.71. The first-order valence-electron chi connectivity index (χ1n) is 7.29. The van der Waals surface area contributed by atoms with Gasteiger partial charge in [-0.2, -0.15) is 0 Å². The quantitative estimate of drug-likeness (QED) is 0.380. The van der Waals surface area contributed by atoms with Crippen LogP contribution in [0.1, 0.15) is 38.5 Å². The number of fused-ring (bicyclic) bond motifs is 3. The molecule has 0 saturated heterocycles. The number of aliphatic hydroxyl groups excluding tert-OH is 1. The van der Waals surface area contributed by atoms with Gasteiger partial charge in [-0.3, -0.25) is 0 Å². The number of methoxy groups -OCH3 is 1. The third-order valence-corrected chi connectivity index (χ3v) is 7.19. The molecule has 4 N–H and O–H groups in total. The van der Waals surface area contributed by atoms with Gasteiger partial charge in [0.25, 0.3) is 0 Å². The Kier molecular flexibility index (Phi) is 3.29. The Bertz CT molecular complexity index is 472. The molecule has 0 unspecified atom stereocenters. The summed E-state index contributed by atoms with van der Waals surface area (Å²) in [6, 6.07) is 0. The Labute approximate surface area is 131 Å². The average Bonchev–Trinajstić information content (AvgIpc) is 2.88. The van der Waals surface area contributed by atoms with Crippen molar-refractivity contribution in [3.8, 4) is 0 Å². The minimum absolute atomic E-state index is 0.410. The number of alkyl halides is 1. The molecule has 21 heavy (non-hydrogen) atoms. The van der Waals surface area contributed by atoms with E-state index in [0.29, 0.717) is 12.8 Å². The highest BCUT2D eigenvalue weighted by atomic mass is 79.9. The normalized spacial score (nSPS) is 51.3. The zero-order valence-corrected chi connectivity index (χ0v) is 13.5. The van der Waals surface area contributed by atoms with Crippen LogP contribution in [0, 0.1) is 5.41 Å². The first kappa shape index (κ1) is 15.7. The van der Waals surface area contributed by atoms with E-state index in [2.05, 4.69) is 20.7 Å². The molecule has 0 aromatic carbocycles. The van der Waals surface area contributed by atoms with Gasteiger partial charge >= 0.3 is 5.97 Å².